The van der Waals surface area contributed by atoms with Crippen molar-refractivity contribution in [2.75, 3.05) is 32.7 Å². The molecular weight excluding hydrogens is 405 g/mol. The number of nitrogens with zero attached hydrogens (tertiary/aromatic N) is 2. The van der Waals surface area contributed by atoms with Gasteiger partial charge in [-0.15, -0.1) is 0 Å². The SMILES string of the molecule is O=C(NCCc1ccc(F)cc1)N1CCN(S(=O)(=O)c2ccc(Cl)cc2)CC1. The summed E-state index contributed by atoms with van der Waals surface area (Å²) in [6.07, 6.45) is 0.594. The maximum absolute atomic E-state index is 12.9. The molecule has 1 heterocycles. The van der Waals surface area contributed by atoms with Crippen molar-refractivity contribution >= 4 is 27.7 Å². The van der Waals surface area contributed by atoms with Crippen molar-refractivity contribution in [2.24, 2.45) is 0 Å². The largest absolute Gasteiger partial charge is 0.338 e. The first-order valence-electron chi connectivity index (χ1n) is 8.89. The third-order valence-electron chi connectivity index (χ3n) is 4.58. The van der Waals surface area contributed by atoms with Gasteiger partial charge in [0.05, 0.1) is 4.90 Å². The number of benzene rings is 2. The maximum atomic E-state index is 12.9. The monoisotopic (exact) mass is 425 g/mol. The smallest absolute Gasteiger partial charge is 0.317 e. The number of hydrogen-bond donors (Lipinski definition) is 1. The molecule has 28 heavy (non-hydrogen) atoms. The molecule has 0 bridgehead atoms. The van der Waals surface area contributed by atoms with E-state index >= 15 is 0 Å². The van der Waals surface area contributed by atoms with Crippen molar-refractivity contribution in [1.82, 2.24) is 14.5 Å². The van der Waals surface area contributed by atoms with E-state index in [0.717, 1.165) is 5.56 Å². The van der Waals surface area contributed by atoms with E-state index in [-0.39, 0.29) is 29.8 Å². The lowest BCUT2D eigenvalue weighted by Crippen LogP contribution is -2.53. The quantitative estimate of drug-likeness (QED) is 0.800. The van der Waals surface area contributed by atoms with Gasteiger partial charge in [-0.05, 0) is 48.4 Å². The Hall–Kier alpha value is -2.16. The van der Waals surface area contributed by atoms with Crippen LogP contribution in [0.25, 0.3) is 0 Å². The molecule has 150 valence electrons. The Morgan fingerprint density at radius 1 is 1.00 bits per heavy atom. The predicted molar refractivity (Wildman–Crippen MR) is 105 cm³/mol. The number of piperazine rings is 1. The van der Waals surface area contributed by atoms with Crippen LogP contribution in [0.2, 0.25) is 5.02 Å². The fourth-order valence-corrected chi connectivity index (χ4v) is 4.51. The number of carbonyl (C=O) groups excluding carboxylic acids is 1. The van der Waals surface area contributed by atoms with Gasteiger partial charge in [-0.2, -0.15) is 4.31 Å². The van der Waals surface area contributed by atoms with Crippen molar-refractivity contribution in [3.05, 3.63) is 64.9 Å². The van der Waals surface area contributed by atoms with Crippen molar-refractivity contribution in [2.45, 2.75) is 11.3 Å². The van der Waals surface area contributed by atoms with Crippen LogP contribution in [0.1, 0.15) is 5.56 Å². The van der Waals surface area contributed by atoms with E-state index in [9.17, 15) is 17.6 Å². The zero-order valence-electron chi connectivity index (χ0n) is 15.1. The molecule has 2 aromatic carbocycles. The molecule has 3 rings (SSSR count). The van der Waals surface area contributed by atoms with Crippen LogP contribution in [0.15, 0.2) is 53.4 Å². The van der Waals surface area contributed by atoms with Gasteiger partial charge in [0.2, 0.25) is 10.0 Å². The number of nitrogens with one attached hydrogen (secondary N) is 1. The van der Waals surface area contributed by atoms with E-state index in [2.05, 4.69) is 5.32 Å². The molecule has 0 aliphatic carbocycles. The van der Waals surface area contributed by atoms with Crippen molar-refractivity contribution in [1.29, 1.82) is 0 Å². The Morgan fingerprint density at radius 3 is 2.21 bits per heavy atom. The van der Waals surface area contributed by atoms with E-state index in [1.165, 1.54) is 28.6 Å². The van der Waals surface area contributed by atoms with E-state index in [0.29, 0.717) is 31.1 Å². The van der Waals surface area contributed by atoms with Crippen LogP contribution in [0.3, 0.4) is 0 Å². The predicted octanol–water partition coefficient (Wildman–Crippen LogP) is 2.74. The molecule has 0 unspecified atom stereocenters. The average Bonchev–Trinajstić information content (AvgIpc) is 2.70. The van der Waals surface area contributed by atoms with E-state index in [4.69, 9.17) is 11.6 Å². The van der Waals surface area contributed by atoms with Gasteiger partial charge in [0.1, 0.15) is 5.82 Å². The van der Waals surface area contributed by atoms with Crippen LogP contribution in [0, 0.1) is 5.82 Å². The first-order chi connectivity index (χ1) is 13.4. The average molecular weight is 426 g/mol. The highest BCUT2D eigenvalue weighted by Gasteiger charge is 2.29. The Bertz CT molecular complexity index is 912. The van der Waals surface area contributed by atoms with Crippen molar-refractivity contribution < 1.29 is 17.6 Å². The lowest BCUT2D eigenvalue weighted by molar-refractivity contribution is 0.172. The maximum Gasteiger partial charge on any atom is 0.317 e. The van der Waals surface area contributed by atoms with Gasteiger partial charge in [-0.3, -0.25) is 0 Å². The number of amides is 2. The second-order valence-corrected chi connectivity index (χ2v) is 8.83. The molecule has 1 aliphatic heterocycles. The van der Waals surface area contributed by atoms with Gasteiger partial charge in [0, 0.05) is 37.7 Å². The van der Waals surface area contributed by atoms with Gasteiger partial charge >= 0.3 is 6.03 Å². The first-order valence-corrected chi connectivity index (χ1v) is 10.7. The van der Waals surface area contributed by atoms with Gasteiger partial charge in [0.15, 0.2) is 0 Å². The molecule has 2 amide bonds. The van der Waals surface area contributed by atoms with Gasteiger partial charge in [0.25, 0.3) is 0 Å². The first kappa shape index (κ1) is 20.6. The summed E-state index contributed by atoms with van der Waals surface area (Å²) in [7, 11) is -3.60. The van der Waals surface area contributed by atoms with Crippen LogP contribution < -0.4 is 5.32 Å². The normalized spacial score (nSPS) is 15.4. The third kappa shape index (κ3) is 5.01. The van der Waals surface area contributed by atoms with Crippen LogP contribution in [-0.2, 0) is 16.4 Å². The van der Waals surface area contributed by atoms with E-state index < -0.39 is 10.0 Å². The Balaban J connectivity index is 1.48. The summed E-state index contributed by atoms with van der Waals surface area (Å²) in [5, 5.41) is 3.29. The summed E-state index contributed by atoms with van der Waals surface area (Å²) < 4.78 is 39.6. The minimum atomic E-state index is -3.60. The number of rotatable bonds is 5. The lowest BCUT2D eigenvalue weighted by atomic mass is 10.1. The fraction of sp³-hybridized carbons (Fsp3) is 0.316. The molecule has 0 radical (unpaired) electrons. The molecule has 1 fully saturated rings. The van der Waals surface area contributed by atoms with Gasteiger partial charge < -0.3 is 10.2 Å². The van der Waals surface area contributed by atoms with Crippen LogP contribution >= 0.6 is 11.6 Å². The molecule has 6 nitrogen and oxygen atoms in total. The number of halogens is 2. The highest BCUT2D eigenvalue weighted by atomic mass is 35.5. The summed E-state index contributed by atoms with van der Waals surface area (Å²) >= 11 is 5.81. The molecular formula is C19H21ClFN3O3S. The Labute approximate surface area is 168 Å². The van der Waals surface area contributed by atoms with Gasteiger partial charge in [-0.25, -0.2) is 17.6 Å². The number of urea groups is 1. The molecule has 2 aromatic rings. The summed E-state index contributed by atoms with van der Waals surface area (Å²) in [6, 6.07) is 11.9. The Morgan fingerprint density at radius 2 is 1.61 bits per heavy atom. The molecule has 9 heteroatoms. The third-order valence-corrected chi connectivity index (χ3v) is 6.75. The van der Waals surface area contributed by atoms with E-state index in [1.54, 1.807) is 29.2 Å². The zero-order valence-corrected chi connectivity index (χ0v) is 16.7. The second-order valence-electron chi connectivity index (χ2n) is 6.45. The molecule has 0 atom stereocenters. The van der Waals surface area contributed by atoms with Gasteiger partial charge in [-0.1, -0.05) is 23.7 Å². The zero-order chi connectivity index (χ0) is 20.1. The van der Waals surface area contributed by atoms with Crippen LogP contribution in [0.5, 0.6) is 0 Å². The highest BCUT2D eigenvalue weighted by molar-refractivity contribution is 7.89. The molecule has 1 saturated heterocycles. The summed E-state index contributed by atoms with van der Waals surface area (Å²) in [6.45, 7) is 1.52. The Kier molecular flexibility index (Phi) is 6.53. The summed E-state index contributed by atoms with van der Waals surface area (Å²) in [4.78, 5) is 14.1. The number of carbonyl (C=O) groups is 1. The standard InChI is InChI=1S/C19H21ClFN3O3S/c20-16-3-7-18(8-4-16)28(26,27)24-13-11-23(12-14-24)19(25)22-10-9-15-1-5-17(21)6-2-15/h1-8H,9-14H2,(H,22,25). The minimum Gasteiger partial charge on any atom is -0.338 e. The van der Waals surface area contributed by atoms with Crippen molar-refractivity contribution in [3.8, 4) is 0 Å². The lowest BCUT2D eigenvalue weighted by Gasteiger charge is -2.34. The second kappa shape index (κ2) is 8.89. The highest BCUT2D eigenvalue weighted by Crippen LogP contribution is 2.19. The van der Waals surface area contributed by atoms with Crippen LogP contribution in [0.4, 0.5) is 9.18 Å². The minimum absolute atomic E-state index is 0.189. The fourth-order valence-electron chi connectivity index (χ4n) is 2.96. The molecule has 0 spiro atoms. The number of sulfonamides is 1. The van der Waals surface area contributed by atoms with Crippen molar-refractivity contribution in [3.63, 3.8) is 0 Å². The van der Waals surface area contributed by atoms with Crippen LogP contribution in [-0.4, -0.2) is 56.4 Å². The number of hydrogen-bond acceptors (Lipinski definition) is 3. The molecule has 0 saturated carbocycles. The topological polar surface area (TPSA) is 69.7 Å². The summed E-state index contributed by atoms with van der Waals surface area (Å²) in [5.74, 6) is -0.292. The molecule has 1 aliphatic rings. The van der Waals surface area contributed by atoms with E-state index in [1.807, 2.05) is 0 Å². The molecule has 0 aromatic heterocycles. The summed E-state index contributed by atoms with van der Waals surface area (Å²) in [5.41, 5.74) is 0.931. The molecule has 1 N–H and O–H groups in total.